The summed E-state index contributed by atoms with van der Waals surface area (Å²) in [6.07, 6.45) is 1.86. The highest BCUT2D eigenvalue weighted by Gasteiger charge is 2.36. The summed E-state index contributed by atoms with van der Waals surface area (Å²) in [7, 11) is 0. The number of aromatic nitrogens is 1. The molecule has 2 atom stereocenters. The molecule has 0 unspecified atom stereocenters. The molecule has 0 radical (unpaired) electrons. The van der Waals surface area contributed by atoms with E-state index in [4.69, 9.17) is 4.74 Å². The number of ketones is 1. The summed E-state index contributed by atoms with van der Waals surface area (Å²) in [4.78, 5) is 30.2. The van der Waals surface area contributed by atoms with Crippen molar-refractivity contribution in [2.24, 2.45) is 5.92 Å². The number of amides is 1. The molecular formula is C23H21FN2O3. The van der Waals surface area contributed by atoms with Crippen molar-refractivity contribution in [2.45, 2.75) is 25.4 Å². The molecule has 3 heterocycles. The zero-order chi connectivity index (χ0) is 20.0. The number of piperidine rings is 1. The number of H-pyrrole nitrogens is 1. The van der Waals surface area contributed by atoms with Crippen LogP contribution in [0.3, 0.4) is 0 Å². The van der Waals surface area contributed by atoms with Gasteiger partial charge in [-0.3, -0.25) is 9.59 Å². The first-order chi connectivity index (χ1) is 14.1. The molecule has 148 valence electrons. The summed E-state index contributed by atoms with van der Waals surface area (Å²) >= 11 is 0. The van der Waals surface area contributed by atoms with E-state index in [1.165, 1.54) is 6.07 Å². The number of para-hydroxylation sites is 2. The Labute approximate surface area is 167 Å². The normalized spacial score (nSPS) is 21.7. The fourth-order valence-corrected chi connectivity index (χ4v) is 4.46. The van der Waals surface area contributed by atoms with Gasteiger partial charge in [-0.05, 0) is 37.1 Å². The molecule has 5 rings (SSSR count). The van der Waals surface area contributed by atoms with Crippen molar-refractivity contribution < 1.29 is 18.7 Å². The fraction of sp³-hybridized carbons (Fsp3) is 0.304. The first-order valence-corrected chi connectivity index (χ1v) is 9.95. The Hall–Kier alpha value is -3.15. The number of benzene rings is 2. The zero-order valence-corrected chi connectivity index (χ0v) is 15.9. The molecule has 2 aliphatic rings. The largest absolute Gasteiger partial charge is 0.489 e. The number of nitrogens with one attached hydrogen (secondary N) is 1. The average Bonchev–Trinajstić information content (AvgIpc) is 3.19. The van der Waals surface area contributed by atoms with Gasteiger partial charge in [0, 0.05) is 30.8 Å². The molecule has 2 aromatic carbocycles. The number of fused-ring (bicyclic) bond motifs is 2. The second-order valence-corrected chi connectivity index (χ2v) is 7.82. The van der Waals surface area contributed by atoms with Gasteiger partial charge in [0.25, 0.3) is 5.91 Å². The molecule has 0 bridgehead atoms. The number of hydrogen-bond acceptors (Lipinski definition) is 3. The second kappa shape index (κ2) is 7.03. The number of rotatable bonds is 2. The average molecular weight is 392 g/mol. The van der Waals surface area contributed by atoms with E-state index in [1.54, 1.807) is 29.2 Å². The topological polar surface area (TPSA) is 62.4 Å². The van der Waals surface area contributed by atoms with Crippen molar-refractivity contribution in [2.75, 3.05) is 13.1 Å². The summed E-state index contributed by atoms with van der Waals surface area (Å²) in [6, 6.07) is 13.8. The van der Waals surface area contributed by atoms with Crippen LogP contribution in [0.4, 0.5) is 4.39 Å². The number of hydrogen-bond donors (Lipinski definition) is 1. The number of carbonyl (C=O) groups excluding carboxylic acids is 2. The maximum absolute atomic E-state index is 14.0. The molecule has 6 heteroatoms. The van der Waals surface area contributed by atoms with Crippen molar-refractivity contribution in [1.29, 1.82) is 0 Å². The SMILES string of the molecule is O=C1C[C@H]([C@H]2CCCN(C(=O)c3cc4cccc(F)c4[nH]3)C2)Oc2ccccc21. The van der Waals surface area contributed by atoms with Gasteiger partial charge < -0.3 is 14.6 Å². The number of Topliss-reactive ketones (excluding diaryl/α,β-unsaturated/α-hetero) is 1. The Bertz CT molecular complexity index is 1110. The van der Waals surface area contributed by atoms with Gasteiger partial charge in [-0.1, -0.05) is 24.3 Å². The van der Waals surface area contributed by atoms with Crippen LogP contribution in [-0.2, 0) is 0 Å². The minimum absolute atomic E-state index is 0.0890. The highest BCUT2D eigenvalue weighted by atomic mass is 19.1. The lowest BCUT2D eigenvalue weighted by Crippen LogP contribution is -2.46. The third-order valence-corrected chi connectivity index (χ3v) is 5.96. The van der Waals surface area contributed by atoms with Crippen LogP contribution in [0.1, 0.15) is 40.1 Å². The minimum atomic E-state index is -0.370. The van der Waals surface area contributed by atoms with Gasteiger partial charge in [-0.2, -0.15) is 0 Å². The molecule has 0 spiro atoms. The molecule has 5 nitrogen and oxygen atoms in total. The third-order valence-electron chi connectivity index (χ3n) is 5.96. The summed E-state index contributed by atoms with van der Waals surface area (Å²) in [5.41, 5.74) is 1.37. The molecule has 1 amide bonds. The second-order valence-electron chi connectivity index (χ2n) is 7.82. The number of ether oxygens (including phenoxy) is 1. The molecule has 2 aliphatic heterocycles. The van der Waals surface area contributed by atoms with Gasteiger partial charge in [-0.25, -0.2) is 4.39 Å². The summed E-state index contributed by atoms with van der Waals surface area (Å²) < 4.78 is 20.1. The van der Waals surface area contributed by atoms with Gasteiger partial charge >= 0.3 is 0 Å². The minimum Gasteiger partial charge on any atom is -0.489 e. The zero-order valence-electron chi connectivity index (χ0n) is 15.9. The van der Waals surface area contributed by atoms with Crippen LogP contribution in [0.25, 0.3) is 10.9 Å². The highest BCUT2D eigenvalue weighted by molar-refractivity contribution is 6.00. The number of likely N-dealkylation sites (tertiary alicyclic amines) is 1. The van der Waals surface area contributed by atoms with E-state index in [9.17, 15) is 14.0 Å². The van der Waals surface area contributed by atoms with Gasteiger partial charge in [0.05, 0.1) is 11.1 Å². The first kappa shape index (κ1) is 17.9. The van der Waals surface area contributed by atoms with E-state index in [0.29, 0.717) is 47.4 Å². The van der Waals surface area contributed by atoms with Crippen molar-refractivity contribution in [3.05, 3.63) is 65.6 Å². The Morgan fingerprint density at radius 2 is 2.03 bits per heavy atom. The van der Waals surface area contributed by atoms with E-state index in [1.807, 2.05) is 18.2 Å². The van der Waals surface area contributed by atoms with Gasteiger partial charge in [0.2, 0.25) is 0 Å². The summed E-state index contributed by atoms with van der Waals surface area (Å²) in [6.45, 7) is 1.17. The lowest BCUT2D eigenvalue weighted by Gasteiger charge is -2.38. The Morgan fingerprint density at radius 1 is 1.17 bits per heavy atom. The van der Waals surface area contributed by atoms with Crippen LogP contribution in [0, 0.1) is 11.7 Å². The number of nitrogens with zero attached hydrogens (tertiary/aromatic N) is 1. The molecule has 1 fully saturated rings. The molecule has 1 saturated heterocycles. The van der Waals surface area contributed by atoms with Gasteiger partial charge in [-0.15, -0.1) is 0 Å². The van der Waals surface area contributed by atoms with Crippen molar-refractivity contribution in [3.8, 4) is 5.75 Å². The number of aromatic amines is 1. The van der Waals surface area contributed by atoms with Crippen LogP contribution in [0.2, 0.25) is 0 Å². The maximum Gasteiger partial charge on any atom is 0.270 e. The monoisotopic (exact) mass is 392 g/mol. The van der Waals surface area contributed by atoms with E-state index >= 15 is 0 Å². The summed E-state index contributed by atoms with van der Waals surface area (Å²) in [5, 5.41) is 0.680. The number of carbonyl (C=O) groups is 2. The Morgan fingerprint density at radius 3 is 2.90 bits per heavy atom. The van der Waals surface area contributed by atoms with Gasteiger partial charge in [0.1, 0.15) is 23.4 Å². The quantitative estimate of drug-likeness (QED) is 0.711. The lowest BCUT2D eigenvalue weighted by molar-refractivity contribution is 0.0406. The molecule has 29 heavy (non-hydrogen) atoms. The van der Waals surface area contributed by atoms with Crippen molar-refractivity contribution in [3.63, 3.8) is 0 Å². The fourth-order valence-electron chi connectivity index (χ4n) is 4.46. The summed E-state index contributed by atoms with van der Waals surface area (Å²) in [5.74, 6) is 0.291. The predicted octanol–water partition coefficient (Wildman–Crippen LogP) is 4.19. The molecule has 0 saturated carbocycles. The predicted molar refractivity (Wildman–Crippen MR) is 107 cm³/mol. The lowest BCUT2D eigenvalue weighted by atomic mass is 9.87. The van der Waals surface area contributed by atoms with Crippen LogP contribution in [-0.4, -0.2) is 40.8 Å². The first-order valence-electron chi connectivity index (χ1n) is 9.95. The van der Waals surface area contributed by atoms with Crippen molar-refractivity contribution in [1.82, 2.24) is 9.88 Å². The van der Waals surface area contributed by atoms with E-state index in [-0.39, 0.29) is 29.5 Å². The third kappa shape index (κ3) is 3.18. The molecule has 1 aromatic heterocycles. The Balaban J connectivity index is 1.34. The van der Waals surface area contributed by atoms with Gasteiger partial charge in [0.15, 0.2) is 5.78 Å². The van der Waals surface area contributed by atoms with Crippen LogP contribution in [0.15, 0.2) is 48.5 Å². The van der Waals surface area contributed by atoms with Crippen LogP contribution >= 0.6 is 0 Å². The molecule has 0 aliphatic carbocycles. The van der Waals surface area contributed by atoms with E-state index in [0.717, 1.165) is 12.8 Å². The highest BCUT2D eigenvalue weighted by Crippen LogP contribution is 2.33. The van der Waals surface area contributed by atoms with E-state index < -0.39 is 0 Å². The Kier molecular flexibility index (Phi) is 4.34. The maximum atomic E-state index is 14.0. The molecular weight excluding hydrogens is 371 g/mol. The molecule has 1 N–H and O–H groups in total. The van der Waals surface area contributed by atoms with Crippen molar-refractivity contribution >= 4 is 22.6 Å². The molecule has 3 aromatic rings. The van der Waals surface area contributed by atoms with E-state index in [2.05, 4.69) is 4.98 Å². The van der Waals surface area contributed by atoms with Crippen LogP contribution in [0.5, 0.6) is 5.75 Å². The standard InChI is InChI=1S/C23H21FN2O3/c24-17-8-3-5-14-11-18(25-22(14)17)23(28)26-10-4-6-15(13-26)21-12-19(27)16-7-1-2-9-20(16)29-21/h1-3,5,7-9,11,15,21,25H,4,6,10,12-13H2/t15-,21+/m0/s1. The smallest absolute Gasteiger partial charge is 0.270 e. The number of halogens is 1. The van der Waals surface area contributed by atoms with Crippen LogP contribution < -0.4 is 4.74 Å².